The molecule has 0 amide bonds. The molecule has 0 aliphatic heterocycles. The van der Waals surface area contributed by atoms with Crippen molar-refractivity contribution in [1.82, 2.24) is 10.6 Å². The lowest BCUT2D eigenvalue weighted by Gasteiger charge is -2.10. The Morgan fingerprint density at radius 1 is 1.21 bits per heavy atom. The number of hydrogen-bond acceptors (Lipinski definition) is 3. The second-order valence-corrected chi connectivity index (χ2v) is 7.47. The minimum atomic E-state index is -2.92. The van der Waals surface area contributed by atoms with E-state index in [0.29, 0.717) is 12.5 Å². The Balaban J connectivity index is 3.95. The zero-order valence-electron chi connectivity index (χ0n) is 12.7. The smallest absolute Gasteiger partial charge is 0.191 e. The number of aliphatic imine (C=N–C) groups is 1. The number of unbranched alkanes of at least 4 members (excludes halogenated alkanes) is 1. The molecule has 114 valence electrons. The van der Waals surface area contributed by atoms with Crippen molar-refractivity contribution in [1.29, 1.82) is 0 Å². The van der Waals surface area contributed by atoms with Crippen molar-refractivity contribution in [2.45, 2.75) is 40.0 Å². The van der Waals surface area contributed by atoms with E-state index in [9.17, 15) is 8.42 Å². The first-order valence-corrected chi connectivity index (χ1v) is 9.11. The van der Waals surface area contributed by atoms with Crippen LogP contribution in [0.1, 0.15) is 40.0 Å². The quantitative estimate of drug-likeness (QED) is 0.383. The molecule has 0 aliphatic rings. The summed E-state index contributed by atoms with van der Waals surface area (Å²) < 4.78 is 22.1. The summed E-state index contributed by atoms with van der Waals surface area (Å²) in [7, 11) is -2.92. The fourth-order valence-electron chi connectivity index (χ4n) is 1.55. The molecule has 19 heavy (non-hydrogen) atoms. The number of nitrogens with zero attached hydrogens (tertiary/aromatic N) is 1. The van der Waals surface area contributed by atoms with Gasteiger partial charge in [-0.2, -0.15) is 0 Å². The number of hydrogen-bond donors (Lipinski definition) is 2. The third kappa shape index (κ3) is 13.5. The molecule has 0 fully saturated rings. The lowest BCUT2D eigenvalue weighted by molar-refractivity contribution is 0.541. The number of rotatable bonds is 9. The van der Waals surface area contributed by atoms with Crippen LogP contribution in [0.5, 0.6) is 0 Å². The number of guanidine groups is 1. The largest absolute Gasteiger partial charge is 0.357 e. The van der Waals surface area contributed by atoms with Crippen LogP contribution in [0.25, 0.3) is 0 Å². The summed E-state index contributed by atoms with van der Waals surface area (Å²) in [4.78, 5) is 4.43. The van der Waals surface area contributed by atoms with Crippen LogP contribution in [0, 0.1) is 5.92 Å². The predicted octanol–water partition coefficient (Wildman–Crippen LogP) is 1.41. The number of nitrogens with one attached hydrogen (secondary N) is 2. The van der Waals surface area contributed by atoms with Gasteiger partial charge in [0.05, 0.1) is 5.75 Å². The molecule has 6 heteroatoms. The maximum Gasteiger partial charge on any atom is 0.191 e. The van der Waals surface area contributed by atoms with Crippen LogP contribution in [-0.2, 0) is 9.84 Å². The lowest BCUT2D eigenvalue weighted by atomic mass is 10.1. The highest BCUT2D eigenvalue weighted by Gasteiger charge is 2.02. The van der Waals surface area contributed by atoms with Gasteiger partial charge in [0, 0.05) is 25.9 Å². The van der Waals surface area contributed by atoms with E-state index in [2.05, 4.69) is 29.5 Å². The predicted molar refractivity (Wildman–Crippen MR) is 82.4 cm³/mol. The van der Waals surface area contributed by atoms with Crippen LogP contribution >= 0.6 is 0 Å². The van der Waals surface area contributed by atoms with E-state index >= 15 is 0 Å². The summed E-state index contributed by atoms with van der Waals surface area (Å²) >= 11 is 0. The molecule has 0 aliphatic carbocycles. The molecular weight excluding hydrogens is 262 g/mol. The van der Waals surface area contributed by atoms with E-state index in [1.165, 1.54) is 19.1 Å². The maximum absolute atomic E-state index is 11.0. The SMILES string of the molecule is CCNC(=NCCCCC(C)C)NCCS(C)(=O)=O. The topological polar surface area (TPSA) is 70.6 Å². The van der Waals surface area contributed by atoms with Crippen LogP contribution < -0.4 is 10.6 Å². The Hall–Kier alpha value is -0.780. The van der Waals surface area contributed by atoms with Crippen LogP contribution in [0.15, 0.2) is 4.99 Å². The molecule has 5 nitrogen and oxygen atoms in total. The highest BCUT2D eigenvalue weighted by atomic mass is 32.2. The summed E-state index contributed by atoms with van der Waals surface area (Å²) in [6.45, 7) is 8.39. The highest BCUT2D eigenvalue weighted by Crippen LogP contribution is 2.05. The Labute approximate surface area is 118 Å². The van der Waals surface area contributed by atoms with Gasteiger partial charge in [0.2, 0.25) is 0 Å². The van der Waals surface area contributed by atoms with Gasteiger partial charge in [-0.1, -0.05) is 26.7 Å². The van der Waals surface area contributed by atoms with Gasteiger partial charge >= 0.3 is 0 Å². The third-order valence-corrected chi connectivity index (χ3v) is 3.51. The van der Waals surface area contributed by atoms with E-state index < -0.39 is 9.84 Å². The van der Waals surface area contributed by atoms with Gasteiger partial charge in [0.1, 0.15) is 9.84 Å². The molecule has 0 spiro atoms. The molecule has 0 saturated carbocycles. The molecule has 0 saturated heterocycles. The van der Waals surface area contributed by atoms with Crippen molar-refractivity contribution in [3.63, 3.8) is 0 Å². The first-order valence-electron chi connectivity index (χ1n) is 7.05. The van der Waals surface area contributed by atoms with Crippen LogP contribution in [-0.4, -0.2) is 46.0 Å². The van der Waals surface area contributed by atoms with Crippen LogP contribution in [0.2, 0.25) is 0 Å². The lowest BCUT2D eigenvalue weighted by Crippen LogP contribution is -2.39. The minimum absolute atomic E-state index is 0.130. The summed E-state index contributed by atoms with van der Waals surface area (Å²) in [5, 5.41) is 6.15. The molecule has 0 unspecified atom stereocenters. The molecule has 2 N–H and O–H groups in total. The Kier molecular flexibility index (Phi) is 9.65. The van der Waals surface area contributed by atoms with Gasteiger partial charge in [-0.3, -0.25) is 4.99 Å². The van der Waals surface area contributed by atoms with E-state index in [1.54, 1.807) is 0 Å². The summed E-state index contributed by atoms with van der Waals surface area (Å²) in [6.07, 6.45) is 4.73. The maximum atomic E-state index is 11.0. The van der Waals surface area contributed by atoms with E-state index in [0.717, 1.165) is 25.4 Å². The van der Waals surface area contributed by atoms with Crippen molar-refractivity contribution < 1.29 is 8.42 Å². The summed E-state index contributed by atoms with van der Waals surface area (Å²) in [5.74, 6) is 1.57. The average Bonchev–Trinajstić information content (AvgIpc) is 2.26. The van der Waals surface area contributed by atoms with E-state index in [4.69, 9.17) is 0 Å². The first-order chi connectivity index (χ1) is 8.85. The van der Waals surface area contributed by atoms with E-state index in [1.807, 2.05) is 6.92 Å². The molecular formula is C13H29N3O2S. The van der Waals surface area contributed by atoms with Crippen molar-refractivity contribution in [2.75, 3.05) is 31.6 Å². The molecule has 0 aromatic rings. The summed E-state index contributed by atoms with van der Waals surface area (Å²) in [6, 6.07) is 0. The monoisotopic (exact) mass is 291 g/mol. The van der Waals surface area contributed by atoms with Gasteiger partial charge in [-0.15, -0.1) is 0 Å². The zero-order chi connectivity index (χ0) is 14.7. The molecule has 0 aromatic carbocycles. The van der Waals surface area contributed by atoms with Crippen molar-refractivity contribution in [3.05, 3.63) is 0 Å². The van der Waals surface area contributed by atoms with Crippen molar-refractivity contribution in [3.8, 4) is 0 Å². The standard InChI is InChI=1S/C13H29N3O2S/c1-5-14-13(16-10-11-19(4,17)18)15-9-7-6-8-12(2)3/h12H,5-11H2,1-4H3,(H2,14,15,16). The van der Waals surface area contributed by atoms with Crippen molar-refractivity contribution in [2.24, 2.45) is 10.9 Å². The molecule has 0 rings (SSSR count). The van der Waals surface area contributed by atoms with Crippen LogP contribution in [0.4, 0.5) is 0 Å². The Morgan fingerprint density at radius 2 is 1.89 bits per heavy atom. The molecule has 0 aromatic heterocycles. The second kappa shape index (κ2) is 10.1. The molecule has 0 bridgehead atoms. The highest BCUT2D eigenvalue weighted by molar-refractivity contribution is 7.90. The van der Waals surface area contributed by atoms with Crippen molar-refractivity contribution >= 4 is 15.8 Å². The van der Waals surface area contributed by atoms with Gasteiger partial charge in [-0.05, 0) is 19.3 Å². The van der Waals surface area contributed by atoms with E-state index in [-0.39, 0.29) is 5.75 Å². The minimum Gasteiger partial charge on any atom is -0.357 e. The van der Waals surface area contributed by atoms with Gasteiger partial charge in [0.15, 0.2) is 5.96 Å². The molecule has 0 radical (unpaired) electrons. The third-order valence-electron chi connectivity index (χ3n) is 2.57. The average molecular weight is 291 g/mol. The zero-order valence-corrected chi connectivity index (χ0v) is 13.5. The Morgan fingerprint density at radius 3 is 2.42 bits per heavy atom. The second-order valence-electron chi connectivity index (χ2n) is 5.21. The first kappa shape index (κ1) is 18.2. The fourth-order valence-corrected chi connectivity index (χ4v) is 2.02. The number of sulfone groups is 1. The Bertz CT molecular complexity index is 351. The molecule has 0 heterocycles. The van der Waals surface area contributed by atoms with Crippen LogP contribution in [0.3, 0.4) is 0 Å². The fraction of sp³-hybridized carbons (Fsp3) is 0.923. The molecule has 0 atom stereocenters. The van der Waals surface area contributed by atoms with Gasteiger partial charge in [-0.25, -0.2) is 8.42 Å². The summed E-state index contributed by atoms with van der Waals surface area (Å²) in [5.41, 5.74) is 0. The van der Waals surface area contributed by atoms with Gasteiger partial charge in [0.25, 0.3) is 0 Å². The van der Waals surface area contributed by atoms with Gasteiger partial charge < -0.3 is 10.6 Å². The normalized spacial score (nSPS) is 12.8.